The van der Waals surface area contributed by atoms with Gasteiger partial charge in [-0.15, -0.1) is 11.8 Å². The first-order valence-electron chi connectivity index (χ1n) is 3.99. The smallest absolute Gasteiger partial charge is 0.175 e. The normalized spacial score (nSPS) is 10.9. The van der Waals surface area contributed by atoms with Crippen LogP contribution in [-0.2, 0) is 0 Å². The quantitative estimate of drug-likeness (QED) is 0.725. The van der Waals surface area contributed by atoms with Crippen molar-refractivity contribution in [1.29, 1.82) is 0 Å². The monoisotopic (exact) mass is 210 g/mol. The highest BCUT2D eigenvalue weighted by Crippen LogP contribution is 2.40. The van der Waals surface area contributed by atoms with Crippen molar-refractivity contribution in [3.05, 3.63) is 23.8 Å². The van der Waals surface area contributed by atoms with E-state index in [-0.39, 0.29) is 0 Å². The Labute approximate surface area is 85.4 Å². The Hall–Kier alpha value is -0.670. The predicted molar refractivity (Wildman–Crippen MR) is 60.0 cm³/mol. The summed E-state index contributed by atoms with van der Waals surface area (Å²) < 4.78 is 1.20. The first-order valence-corrected chi connectivity index (χ1v) is 6.03. The lowest BCUT2D eigenvalue weighted by Gasteiger charge is -1.96. The Balaban J connectivity index is 2.84. The van der Waals surface area contributed by atoms with Gasteiger partial charge in [0.2, 0.25) is 0 Å². The fourth-order valence-corrected chi connectivity index (χ4v) is 3.21. The minimum Gasteiger partial charge on any atom is -0.499 e. The van der Waals surface area contributed by atoms with Crippen molar-refractivity contribution in [3.63, 3.8) is 0 Å². The van der Waals surface area contributed by atoms with E-state index >= 15 is 0 Å². The van der Waals surface area contributed by atoms with Crippen molar-refractivity contribution in [1.82, 2.24) is 0 Å². The van der Waals surface area contributed by atoms with Crippen LogP contribution in [0.15, 0.2) is 23.1 Å². The zero-order valence-electron chi connectivity index (χ0n) is 7.50. The van der Waals surface area contributed by atoms with E-state index in [2.05, 4.69) is 18.4 Å². The molecule has 1 nitrogen and oxygen atoms in total. The van der Waals surface area contributed by atoms with E-state index in [0.29, 0.717) is 5.06 Å². The zero-order chi connectivity index (χ0) is 9.42. The number of thiophene rings is 1. The molecule has 0 aliphatic heterocycles. The Kier molecular flexibility index (Phi) is 2.22. The van der Waals surface area contributed by atoms with Crippen LogP contribution in [0.25, 0.3) is 10.1 Å². The van der Waals surface area contributed by atoms with Crippen molar-refractivity contribution in [2.45, 2.75) is 11.8 Å². The lowest BCUT2D eigenvalue weighted by Crippen LogP contribution is -1.71. The average molecular weight is 210 g/mol. The molecule has 0 saturated carbocycles. The van der Waals surface area contributed by atoms with Gasteiger partial charge in [-0.3, -0.25) is 0 Å². The van der Waals surface area contributed by atoms with Crippen LogP contribution in [0.1, 0.15) is 5.56 Å². The molecule has 13 heavy (non-hydrogen) atoms. The molecule has 2 aromatic rings. The number of hydrogen-bond donors (Lipinski definition) is 1. The Bertz CT molecular complexity index is 445. The minimum absolute atomic E-state index is 0.441. The molecule has 1 heterocycles. The minimum atomic E-state index is 0.441. The lowest BCUT2D eigenvalue weighted by molar-refractivity contribution is 0.487. The maximum absolute atomic E-state index is 9.57. The first-order chi connectivity index (χ1) is 6.24. The van der Waals surface area contributed by atoms with Gasteiger partial charge in [-0.1, -0.05) is 23.5 Å². The van der Waals surface area contributed by atoms with Crippen LogP contribution in [0.4, 0.5) is 0 Å². The molecule has 0 radical (unpaired) electrons. The summed E-state index contributed by atoms with van der Waals surface area (Å²) in [6, 6.07) is 6.18. The standard InChI is InChI=1S/C10H10OS2/c1-6-7-4-3-5-8(12-2)9(7)13-10(6)11/h3-5,11H,1-2H3. The second-order valence-electron chi connectivity index (χ2n) is 2.87. The van der Waals surface area contributed by atoms with Gasteiger partial charge in [0, 0.05) is 15.8 Å². The van der Waals surface area contributed by atoms with Gasteiger partial charge in [-0.2, -0.15) is 0 Å². The summed E-state index contributed by atoms with van der Waals surface area (Å²) in [7, 11) is 0. The molecule has 0 aliphatic carbocycles. The SMILES string of the molecule is CSc1cccc2c(C)c(O)sc12. The van der Waals surface area contributed by atoms with Crippen LogP contribution in [0, 0.1) is 6.92 Å². The van der Waals surface area contributed by atoms with Crippen molar-refractivity contribution < 1.29 is 5.11 Å². The van der Waals surface area contributed by atoms with Crippen molar-refractivity contribution in [3.8, 4) is 5.06 Å². The van der Waals surface area contributed by atoms with Crippen LogP contribution >= 0.6 is 23.1 Å². The van der Waals surface area contributed by atoms with E-state index in [0.717, 1.165) is 5.56 Å². The summed E-state index contributed by atoms with van der Waals surface area (Å²) in [4.78, 5) is 1.24. The Morgan fingerprint density at radius 1 is 1.38 bits per heavy atom. The van der Waals surface area contributed by atoms with Gasteiger partial charge >= 0.3 is 0 Å². The number of rotatable bonds is 1. The Morgan fingerprint density at radius 2 is 2.15 bits per heavy atom. The summed E-state index contributed by atoms with van der Waals surface area (Å²) >= 11 is 3.18. The third-order valence-electron chi connectivity index (χ3n) is 2.12. The maximum atomic E-state index is 9.57. The lowest BCUT2D eigenvalue weighted by atomic mass is 10.2. The highest BCUT2D eigenvalue weighted by molar-refractivity contribution is 7.99. The van der Waals surface area contributed by atoms with Crippen LogP contribution in [0.2, 0.25) is 0 Å². The summed E-state index contributed by atoms with van der Waals surface area (Å²) in [5.41, 5.74) is 0.996. The maximum Gasteiger partial charge on any atom is 0.175 e. The van der Waals surface area contributed by atoms with Gasteiger partial charge < -0.3 is 5.11 Å². The van der Waals surface area contributed by atoms with Gasteiger partial charge in [-0.25, -0.2) is 0 Å². The highest BCUT2D eigenvalue weighted by atomic mass is 32.2. The van der Waals surface area contributed by atoms with Gasteiger partial charge in [-0.05, 0) is 19.2 Å². The molecule has 0 amide bonds. The van der Waals surface area contributed by atoms with E-state index < -0.39 is 0 Å². The molecule has 0 saturated heterocycles. The van der Waals surface area contributed by atoms with Crippen molar-refractivity contribution in [2.75, 3.05) is 6.26 Å². The highest BCUT2D eigenvalue weighted by Gasteiger charge is 2.09. The number of hydrogen-bond acceptors (Lipinski definition) is 3. The summed E-state index contributed by atoms with van der Waals surface area (Å²) in [5, 5.41) is 11.2. The first kappa shape index (κ1) is 8.91. The third kappa shape index (κ3) is 1.32. The molecule has 1 N–H and O–H groups in total. The van der Waals surface area contributed by atoms with E-state index in [9.17, 15) is 5.11 Å². The molecule has 0 unspecified atom stereocenters. The van der Waals surface area contributed by atoms with Gasteiger partial charge in [0.05, 0.1) is 4.70 Å². The van der Waals surface area contributed by atoms with E-state index in [1.807, 2.05) is 13.0 Å². The molecule has 0 bridgehead atoms. The molecular weight excluding hydrogens is 200 g/mol. The molecule has 0 spiro atoms. The van der Waals surface area contributed by atoms with Crippen LogP contribution in [0.5, 0.6) is 5.06 Å². The molecule has 1 aromatic carbocycles. The van der Waals surface area contributed by atoms with Crippen LogP contribution in [0.3, 0.4) is 0 Å². The molecule has 1 aromatic heterocycles. The van der Waals surface area contributed by atoms with Crippen molar-refractivity contribution in [2.24, 2.45) is 0 Å². The largest absolute Gasteiger partial charge is 0.499 e. The van der Waals surface area contributed by atoms with E-state index in [1.54, 1.807) is 11.8 Å². The Morgan fingerprint density at radius 3 is 2.85 bits per heavy atom. The second kappa shape index (κ2) is 3.24. The molecule has 3 heteroatoms. The van der Waals surface area contributed by atoms with E-state index in [4.69, 9.17) is 0 Å². The topological polar surface area (TPSA) is 20.2 Å². The van der Waals surface area contributed by atoms with Gasteiger partial charge in [0.25, 0.3) is 0 Å². The van der Waals surface area contributed by atoms with Gasteiger partial charge in [0.15, 0.2) is 5.06 Å². The number of thioether (sulfide) groups is 1. The molecule has 2 rings (SSSR count). The van der Waals surface area contributed by atoms with Crippen LogP contribution in [-0.4, -0.2) is 11.4 Å². The molecule has 0 aliphatic rings. The van der Waals surface area contributed by atoms with E-state index in [1.165, 1.54) is 26.3 Å². The summed E-state index contributed by atoms with van der Waals surface area (Å²) in [6.45, 7) is 1.96. The van der Waals surface area contributed by atoms with Crippen molar-refractivity contribution >= 4 is 33.2 Å². The molecule has 68 valence electrons. The molecule has 0 atom stereocenters. The molecule has 0 fully saturated rings. The number of aromatic hydroxyl groups is 1. The second-order valence-corrected chi connectivity index (χ2v) is 4.72. The fourth-order valence-electron chi connectivity index (χ4n) is 1.37. The third-order valence-corrected chi connectivity index (χ3v) is 4.18. The summed E-state index contributed by atoms with van der Waals surface area (Å²) in [6.07, 6.45) is 2.06. The number of benzene rings is 1. The summed E-state index contributed by atoms with van der Waals surface area (Å²) in [5.74, 6) is 0. The van der Waals surface area contributed by atoms with Crippen LogP contribution < -0.4 is 0 Å². The van der Waals surface area contributed by atoms with Gasteiger partial charge in [0.1, 0.15) is 0 Å². The number of aryl methyl sites for hydroxylation is 1. The zero-order valence-corrected chi connectivity index (χ0v) is 9.13. The predicted octanol–water partition coefficient (Wildman–Crippen LogP) is 3.64. The number of fused-ring (bicyclic) bond motifs is 1. The molecular formula is C10H10OS2. The average Bonchev–Trinajstić information content (AvgIpc) is 2.43. The fraction of sp³-hybridized carbons (Fsp3) is 0.200.